The number of hydrogen-bond donors (Lipinski definition) is 2. The van der Waals surface area contributed by atoms with Crippen molar-refractivity contribution in [1.29, 1.82) is 0 Å². The van der Waals surface area contributed by atoms with Crippen LogP contribution in [0, 0.1) is 11.8 Å². The minimum atomic E-state index is -0.426. The molecule has 1 aliphatic heterocycles. The van der Waals surface area contributed by atoms with Crippen molar-refractivity contribution in [3.63, 3.8) is 0 Å². The van der Waals surface area contributed by atoms with Crippen molar-refractivity contribution in [2.24, 2.45) is 0 Å². The number of nitrogens with zero attached hydrogens (tertiary/aromatic N) is 2. The van der Waals surface area contributed by atoms with Gasteiger partial charge in [0.1, 0.15) is 0 Å². The summed E-state index contributed by atoms with van der Waals surface area (Å²) in [6.45, 7) is 0.963. The minimum absolute atomic E-state index is 0.0186. The average molecular weight is 260 g/mol. The van der Waals surface area contributed by atoms with Crippen LogP contribution in [0.5, 0.6) is 0 Å². The maximum Gasteiger partial charge on any atom is 0.255 e. The molecule has 1 aromatic rings. The van der Waals surface area contributed by atoms with E-state index in [0.29, 0.717) is 37.1 Å². The third-order valence-corrected chi connectivity index (χ3v) is 2.91. The molecule has 0 spiro atoms. The van der Waals surface area contributed by atoms with Crippen molar-refractivity contribution in [2.75, 3.05) is 19.7 Å². The van der Waals surface area contributed by atoms with Gasteiger partial charge in [-0.25, -0.2) is 0 Å². The monoisotopic (exact) mass is 260 g/mol. The molecule has 0 aliphatic carbocycles. The third-order valence-electron chi connectivity index (χ3n) is 2.91. The Labute approximate surface area is 111 Å². The molecule has 1 atom stereocenters. The molecule has 100 valence electrons. The van der Waals surface area contributed by atoms with Gasteiger partial charge in [-0.05, 0) is 12.5 Å². The number of aliphatic hydroxyl groups excluding tert-OH is 2. The average Bonchev–Trinajstić information content (AvgIpc) is 2.85. The van der Waals surface area contributed by atoms with Crippen LogP contribution in [0.15, 0.2) is 18.5 Å². The van der Waals surface area contributed by atoms with Crippen molar-refractivity contribution in [1.82, 2.24) is 9.88 Å². The van der Waals surface area contributed by atoms with Gasteiger partial charge >= 0.3 is 0 Å². The molecule has 2 N–H and O–H groups in total. The number of aromatic nitrogens is 1. The van der Waals surface area contributed by atoms with Crippen LogP contribution in [-0.4, -0.2) is 51.8 Å². The largest absolute Gasteiger partial charge is 0.395 e. The summed E-state index contributed by atoms with van der Waals surface area (Å²) in [4.78, 5) is 17.8. The second-order valence-electron chi connectivity index (χ2n) is 4.43. The molecule has 0 bridgehead atoms. The number of carbonyl (C=O) groups excluding carboxylic acids is 1. The number of rotatable bonds is 2. The van der Waals surface area contributed by atoms with Gasteiger partial charge in [-0.15, -0.1) is 0 Å². The quantitative estimate of drug-likeness (QED) is 0.735. The Morgan fingerprint density at radius 1 is 1.53 bits per heavy atom. The Bertz CT molecular complexity index is 519. The molecular weight excluding hydrogens is 244 g/mol. The van der Waals surface area contributed by atoms with Gasteiger partial charge in [0.25, 0.3) is 5.91 Å². The lowest BCUT2D eigenvalue weighted by atomic mass is 10.2. The van der Waals surface area contributed by atoms with Crippen LogP contribution in [0.2, 0.25) is 0 Å². The van der Waals surface area contributed by atoms with Crippen molar-refractivity contribution in [3.05, 3.63) is 29.6 Å². The van der Waals surface area contributed by atoms with E-state index in [-0.39, 0.29) is 12.5 Å². The van der Waals surface area contributed by atoms with E-state index in [9.17, 15) is 9.90 Å². The molecule has 0 saturated carbocycles. The van der Waals surface area contributed by atoms with Gasteiger partial charge < -0.3 is 15.1 Å². The summed E-state index contributed by atoms with van der Waals surface area (Å²) in [5.41, 5.74) is 1.13. The van der Waals surface area contributed by atoms with E-state index in [0.717, 1.165) is 0 Å². The summed E-state index contributed by atoms with van der Waals surface area (Å²) in [5, 5.41) is 18.1. The van der Waals surface area contributed by atoms with Gasteiger partial charge in [-0.1, -0.05) is 11.8 Å². The number of amides is 1. The van der Waals surface area contributed by atoms with E-state index in [1.807, 2.05) is 0 Å². The van der Waals surface area contributed by atoms with Gasteiger partial charge in [0.15, 0.2) is 0 Å². The van der Waals surface area contributed by atoms with Crippen LogP contribution in [0.25, 0.3) is 0 Å². The maximum absolute atomic E-state index is 12.2. The first-order valence-electron chi connectivity index (χ1n) is 6.23. The number of likely N-dealkylation sites (tertiary alicyclic amines) is 1. The molecule has 1 fully saturated rings. The van der Waals surface area contributed by atoms with E-state index in [1.165, 1.54) is 6.20 Å². The molecule has 1 saturated heterocycles. The fourth-order valence-corrected chi connectivity index (χ4v) is 1.95. The lowest BCUT2D eigenvalue weighted by molar-refractivity contribution is 0.0764. The number of β-amino-alcohol motifs (C(OH)–C–C–N with tert-alkyl or cyclic N) is 1. The van der Waals surface area contributed by atoms with Gasteiger partial charge in [-0.3, -0.25) is 9.78 Å². The Morgan fingerprint density at radius 3 is 3.05 bits per heavy atom. The third kappa shape index (κ3) is 3.53. The number of aliphatic hydroxyl groups is 2. The Morgan fingerprint density at radius 2 is 2.37 bits per heavy atom. The van der Waals surface area contributed by atoms with Gasteiger partial charge in [-0.2, -0.15) is 0 Å². The molecule has 19 heavy (non-hydrogen) atoms. The number of hydrogen-bond acceptors (Lipinski definition) is 4. The first-order valence-corrected chi connectivity index (χ1v) is 6.23. The summed E-state index contributed by atoms with van der Waals surface area (Å²) in [7, 11) is 0. The molecule has 1 aromatic heterocycles. The van der Waals surface area contributed by atoms with Crippen LogP contribution in [-0.2, 0) is 0 Å². The predicted octanol–water partition coefficient (Wildman–Crippen LogP) is 0.0223. The second-order valence-corrected chi connectivity index (χ2v) is 4.43. The lowest BCUT2D eigenvalue weighted by Gasteiger charge is -2.15. The topological polar surface area (TPSA) is 73.7 Å². The zero-order chi connectivity index (χ0) is 13.7. The van der Waals surface area contributed by atoms with Crippen LogP contribution in [0.4, 0.5) is 0 Å². The highest BCUT2D eigenvalue weighted by molar-refractivity contribution is 5.94. The SMILES string of the molecule is O=C(c1cncc(C#CCCO)c1)N1CCC(O)C1. The lowest BCUT2D eigenvalue weighted by Crippen LogP contribution is -2.29. The molecule has 1 amide bonds. The highest BCUT2D eigenvalue weighted by Crippen LogP contribution is 2.13. The Balaban J connectivity index is 2.10. The van der Waals surface area contributed by atoms with E-state index < -0.39 is 6.10 Å². The molecule has 2 rings (SSSR count). The van der Waals surface area contributed by atoms with E-state index in [4.69, 9.17) is 5.11 Å². The summed E-state index contributed by atoms with van der Waals surface area (Å²) in [5.74, 6) is 5.51. The highest BCUT2D eigenvalue weighted by atomic mass is 16.3. The van der Waals surface area contributed by atoms with E-state index >= 15 is 0 Å². The summed E-state index contributed by atoms with van der Waals surface area (Å²) >= 11 is 0. The zero-order valence-electron chi connectivity index (χ0n) is 10.5. The van der Waals surface area contributed by atoms with Crippen molar-refractivity contribution in [2.45, 2.75) is 18.9 Å². The van der Waals surface area contributed by atoms with Crippen LogP contribution in [0.1, 0.15) is 28.8 Å². The van der Waals surface area contributed by atoms with E-state index in [1.54, 1.807) is 17.2 Å². The molecule has 0 radical (unpaired) electrons. The van der Waals surface area contributed by atoms with Crippen LogP contribution < -0.4 is 0 Å². The minimum Gasteiger partial charge on any atom is -0.395 e. The predicted molar refractivity (Wildman–Crippen MR) is 69.3 cm³/mol. The number of carbonyl (C=O) groups is 1. The molecule has 5 nitrogen and oxygen atoms in total. The molecular formula is C14H16N2O3. The molecule has 1 aliphatic rings. The first-order chi connectivity index (χ1) is 9.20. The highest BCUT2D eigenvalue weighted by Gasteiger charge is 2.25. The van der Waals surface area contributed by atoms with Crippen molar-refractivity contribution in [3.8, 4) is 11.8 Å². The fraction of sp³-hybridized carbons (Fsp3) is 0.429. The van der Waals surface area contributed by atoms with Gasteiger partial charge in [0.2, 0.25) is 0 Å². The maximum atomic E-state index is 12.2. The van der Waals surface area contributed by atoms with Crippen LogP contribution >= 0.6 is 0 Å². The Hall–Kier alpha value is -1.90. The van der Waals surface area contributed by atoms with Gasteiger partial charge in [0.05, 0.1) is 18.3 Å². The van der Waals surface area contributed by atoms with Crippen LogP contribution in [0.3, 0.4) is 0 Å². The summed E-state index contributed by atoms with van der Waals surface area (Å²) in [6, 6.07) is 1.68. The second kappa shape index (κ2) is 6.32. The number of pyridine rings is 1. The smallest absolute Gasteiger partial charge is 0.255 e. The normalized spacial score (nSPS) is 18.0. The summed E-state index contributed by atoms with van der Waals surface area (Å²) < 4.78 is 0. The zero-order valence-corrected chi connectivity index (χ0v) is 10.5. The fourth-order valence-electron chi connectivity index (χ4n) is 1.95. The van der Waals surface area contributed by atoms with E-state index in [2.05, 4.69) is 16.8 Å². The Kier molecular flexibility index (Phi) is 4.50. The first kappa shape index (κ1) is 13.5. The van der Waals surface area contributed by atoms with Crippen molar-refractivity contribution >= 4 is 5.91 Å². The molecule has 0 aromatic carbocycles. The molecule has 5 heteroatoms. The standard InChI is InChI=1S/C14H16N2O3/c17-6-2-1-3-11-7-12(9-15-8-11)14(19)16-5-4-13(18)10-16/h7-9,13,17-18H,2,4-6,10H2. The van der Waals surface area contributed by atoms with Crippen molar-refractivity contribution < 1.29 is 15.0 Å². The molecule has 2 heterocycles. The summed E-state index contributed by atoms with van der Waals surface area (Å²) in [6.07, 6.45) is 3.68. The van der Waals surface area contributed by atoms with Gasteiger partial charge in [0, 0.05) is 37.5 Å². The molecule has 1 unspecified atom stereocenters.